The summed E-state index contributed by atoms with van der Waals surface area (Å²) in [6, 6.07) is 7.22. The number of carboxylic acid groups (broad SMARTS) is 1. The standard InChI is InChI=1S/C16H23NO4/c1-17(12-15-3-2-9-20-15)8-10-21-14-6-4-13(5-7-14)11-16(18)19/h4-7,15H,2-3,8-12H2,1H3,(H,18,19). The minimum absolute atomic E-state index is 0.0460. The fourth-order valence-corrected chi connectivity index (χ4v) is 2.42. The van der Waals surface area contributed by atoms with Gasteiger partial charge in [0.05, 0.1) is 12.5 Å². The summed E-state index contributed by atoms with van der Waals surface area (Å²) in [5, 5.41) is 8.71. The van der Waals surface area contributed by atoms with E-state index in [1.165, 1.54) is 0 Å². The molecule has 0 aliphatic carbocycles. The lowest BCUT2D eigenvalue weighted by Crippen LogP contribution is -2.32. The lowest BCUT2D eigenvalue weighted by Gasteiger charge is -2.20. The Balaban J connectivity index is 1.66. The SMILES string of the molecule is CN(CCOc1ccc(CC(=O)O)cc1)CC1CCCO1. The molecule has 1 aliphatic rings. The highest BCUT2D eigenvalue weighted by Crippen LogP contribution is 2.14. The lowest BCUT2D eigenvalue weighted by molar-refractivity contribution is -0.136. The number of carbonyl (C=O) groups is 1. The van der Waals surface area contributed by atoms with Crippen LogP contribution in [0.15, 0.2) is 24.3 Å². The van der Waals surface area contributed by atoms with Gasteiger partial charge in [-0.15, -0.1) is 0 Å². The molecule has 1 aliphatic heterocycles. The van der Waals surface area contributed by atoms with Gasteiger partial charge >= 0.3 is 5.97 Å². The topological polar surface area (TPSA) is 59.0 Å². The van der Waals surface area contributed by atoms with Crippen molar-refractivity contribution in [3.63, 3.8) is 0 Å². The highest BCUT2D eigenvalue weighted by atomic mass is 16.5. The summed E-state index contributed by atoms with van der Waals surface area (Å²) >= 11 is 0. The van der Waals surface area contributed by atoms with Crippen LogP contribution in [0.3, 0.4) is 0 Å². The van der Waals surface area contributed by atoms with E-state index >= 15 is 0 Å². The highest BCUT2D eigenvalue weighted by molar-refractivity contribution is 5.70. The van der Waals surface area contributed by atoms with Gasteiger partial charge in [-0.3, -0.25) is 4.79 Å². The van der Waals surface area contributed by atoms with E-state index in [0.717, 1.165) is 43.9 Å². The molecule has 5 nitrogen and oxygen atoms in total. The fraction of sp³-hybridized carbons (Fsp3) is 0.562. The molecule has 1 atom stereocenters. The Bertz CT molecular complexity index is 440. The highest BCUT2D eigenvalue weighted by Gasteiger charge is 2.17. The van der Waals surface area contributed by atoms with Crippen molar-refractivity contribution < 1.29 is 19.4 Å². The molecule has 2 rings (SSSR count). The van der Waals surface area contributed by atoms with E-state index < -0.39 is 5.97 Å². The van der Waals surface area contributed by atoms with Gasteiger partial charge < -0.3 is 19.5 Å². The zero-order chi connectivity index (χ0) is 15.1. The van der Waals surface area contributed by atoms with Crippen molar-refractivity contribution in [2.24, 2.45) is 0 Å². The van der Waals surface area contributed by atoms with Crippen LogP contribution in [0.4, 0.5) is 0 Å². The van der Waals surface area contributed by atoms with Gasteiger partial charge in [0.1, 0.15) is 12.4 Å². The molecule has 116 valence electrons. The number of ether oxygens (including phenoxy) is 2. The van der Waals surface area contributed by atoms with E-state index in [9.17, 15) is 4.79 Å². The van der Waals surface area contributed by atoms with E-state index in [1.54, 1.807) is 12.1 Å². The third-order valence-corrected chi connectivity index (χ3v) is 3.56. The normalized spacial score (nSPS) is 18.1. The van der Waals surface area contributed by atoms with Crippen molar-refractivity contribution in [1.29, 1.82) is 0 Å². The van der Waals surface area contributed by atoms with Crippen molar-refractivity contribution in [2.75, 3.05) is 33.4 Å². The molecule has 1 N–H and O–H groups in total. The Morgan fingerprint density at radius 1 is 1.43 bits per heavy atom. The average Bonchev–Trinajstić information content (AvgIpc) is 2.93. The van der Waals surface area contributed by atoms with Crippen molar-refractivity contribution in [3.8, 4) is 5.75 Å². The molecule has 0 aromatic heterocycles. The largest absolute Gasteiger partial charge is 0.492 e. The van der Waals surface area contributed by atoms with E-state index in [-0.39, 0.29) is 6.42 Å². The van der Waals surface area contributed by atoms with Crippen LogP contribution in [0.1, 0.15) is 18.4 Å². The number of rotatable bonds is 8. The number of aliphatic carboxylic acids is 1. The third kappa shape index (κ3) is 5.73. The molecule has 0 radical (unpaired) electrons. The second kappa shape index (κ2) is 8.00. The minimum atomic E-state index is -0.820. The summed E-state index contributed by atoms with van der Waals surface area (Å²) in [6.45, 7) is 3.29. The Labute approximate surface area is 125 Å². The molecule has 1 heterocycles. The molecule has 1 fully saturated rings. The van der Waals surface area contributed by atoms with Gasteiger partial charge in [-0.2, -0.15) is 0 Å². The number of hydrogen-bond donors (Lipinski definition) is 1. The molecule has 1 saturated heterocycles. The molecule has 1 aromatic rings. The predicted octanol–water partition coefficient (Wildman–Crippen LogP) is 1.80. The summed E-state index contributed by atoms with van der Waals surface area (Å²) in [4.78, 5) is 12.8. The number of hydrogen-bond acceptors (Lipinski definition) is 4. The smallest absolute Gasteiger partial charge is 0.307 e. The zero-order valence-corrected chi connectivity index (χ0v) is 12.5. The molecule has 0 amide bonds. The van der Waals surface area contributed by atoms with E-state index in [2.05, 4.69) is 11.9 Å². The second-order valence-corrected chi connectivity index (χ2v) is 5.46. The van der Waals surface area contributed by atoms with Gasteiger partial charge in [0, 0.05) is 19.7 Å². The number of likely N-dealkylation sites (N-methyl/N-ethyl adjacent to an activating group) is 1. The second-order valence-electron chi connectivity index (χ2n) is 5.46. The summed E-state index contributed by atoms with van der Waals surface area (Å²) in [5.41, 5.74) is 0.783. The molecule has 0 spiro atoms. The maximum absolute atomic E-state index is 10.6. The van der Waals surface area contributed by atoms with E-state index in [1.807, 2.05) is 12.1 Å². The first kappa shape index (κ1) is 15.8. The molecule has 0 bridgehead atoms. The van der Waals surface area contributed by atoms with Gasteiger partial charge in [0.15, 0.2) is 0 Å². The summed E-state index contributed by atoms with van der Waals surface area (Å²) < 4.78 is 11.3. The monoisotopic (exact) mass is 293 g/mol. The molecular weight excluding hydrogens is 270 g/mol. The van der Waals surface area contributed by atoms with Crippen molar-refractivity contribution in [2.45, 2.75) is 25.4 Å². The van der Waals surface area contributed by atoms with Crippen LogP contribution in [0.25, 0.3) is 0 Å². The summed E-state index contributed by atoms with van der Waals surface area (Å²) in [6.07, 6.45) is 2.73. The average molecular weight is 293 g/mol. The first-order valence-electron chi connectivity index (χ1n) is 7.37. The quantitative estimate of drug-likeness (QED) is 0.792. The van der Waals surface area contributed by atoms with Crippen LogP contribution < -0.4 is 4.74 Å². The lowest BCUT2D eigenvalue weighted by atomic mass is 10.1. The predicted molar refractivity (Wildman–Crippen MR) is 79.7 cm³/mol. The molecule has 21 heavy (non-hydrogen) atoms. The van der Waals surface area contributed by atoms with Crippen molar-refractivity contribution >= 4 is 5.97 Å². The Morgan fingerprint density at radius 3 is 2.81 bits per heavy atom. The summed E-state index contributed by atoms with van der Waals surface area (Å²) in [7, 11) is 2.07. The molecule has 1 unspecified atom stereocenters. The van der Waals surface area contributed by atoms with Gasteiger partial charge in [0.2, 0.25) is 0 Å². The summed E-state index contributed by atoms with van der Waals surface area (Å²) in [5.74, 6) is -0.0471. The fourth-order valence-electron chi connectivity index (χ4n) is 2.42. The van der Waals surface area contributed by atoms with Crippen LogP contribution in [0.2, 0.25) is 0 Å². The number of carboxylic acids is 1. The molecule has 5 heteroatoms. The maximum Gasteiger partial charge on any atom is 0.307 e. The van der Waals surface area contributed by atoms with Crippen molar-refractivity contribution in [3.05, 3.63) is 29.8 Å². The first-order chi connectivity index (χ1) is 10.1. The van der Waals surface area contributed by atoms with E-state index in [4.69, 9.17) is 14.6 Å². The maximum atomic E-state index is 10.6. The van der Waals surface area contributed by atoms with Crippen LogP contribution in [0.5, 0.6) is 5.75 Å². The zero-order valence-electron chi connectivity index (χ0n) is 12.5. The Morgan fingerprint density at radius 2 is 2.19 bits per heavy atom. The van der Waals surface area contributed by atoms with Gasteiger partial charge in [-0.1, -0.05) is 12.1 Å². The Kier molecular flexibility index (Phi) is 6.02. The van der Waals surface area contributed by atoms with Gasteiger partial charge in [0.25, 0.3) is 0 Å². The van der Waals surface area contributed by atoms with E-state index in [0.29, 0.717) is 12.7 Å². The van der Waals surface area contributed by atoms with Crippen LogP contribution in [-0.2, 0) is 16.0 Å². The minimum Gasteiger partial charge on any atom is -0.492 e. The van der Waals surface area contributed by atoms with Crippen LogP contribution >= 0.6 is 0 Å². The van der Waals surface area contributed by atoms with Crippen molar-refractivity contribution in [1.82, 2.24) is 4.90 Å². The Hall–Kier alpha value is -1.59. The van der Waals surface area contributed by atoms with Gasteiger partial charge in [-0.25, -0.2) is 0 Å². The van der Waals surface area contributed by atoms with Gasteiger partial charge in [-0.05, 0) is 37.6 Å². The first-order valence-corrected chi connectivity index (χ1v) is 7.37. The molecule has 1 aromatic carbocycles. The van der Waals surface area contributed by atoms with Crippen LogP contribution in [0, 0.1) is 0 Å². The third-order valence-electron chi connectivity index (χ3n) is 3.56. The van der Waals surface area contributed by atoms with Crippen LogP contribution in [-0.4, -0.2) is 55.4 Å². The number of nitrogens with zero attached hydrogens (tertiary/aromatic N) is 1. The molecular formula is C16H23NO4. The molecule has 0 saturated carbocycles. The number of benzene rings is 1.